The van der Waals surface area contributed by atoms with Gasteiger partial charge in [-0.05, 0) is 54.0 Å². The fraction of sp³-hybridized carbons (Fsp3) is 0.536. The standard InChI is InChI=1S/C28H39NO9/c1-9-15-35-24(32)22(25(33)37-27(3,4)5)20(23(31)36-17-19-13-11-10-12-14-19)16-21(30)18(2)29-26(34)38-28(6,7)8/h9-14,18,20,22H,1,15-17H2,2-8H3,(H,29,34)/t18-,20+,22?/m1/s1. The SMILES string of the molecule is C=CCOC(=O)C(C(=O)OC(C)(C)C)[C@H](CC(=O)[C@@H](C)NC(=O)OC(C)(C)C)C(=O)OCc1ccccc1. The second-order valence-electron chi connectivity index (χ2n) is 10.7. The number of hydrogen-bond acceptors (Lipinski definition) is 9. The third kappa shape index (κ3) is 12.0. The monoisotopic (exact) mass is 533 g/mol. The number of nitrogens with one attached hydrogen (secondary N) is 1. The van der Waals surface area contributed by atoms with Gasteiger partial charge in [-0.1, -0.05) is 43.0 Å². The van der Waals surface area contributed by atoms with E-state index in [2.05, 4.69) is 11.9 Å². The van der Waals surface area contributed by atoms with Crippen LogP contribution in [0.15, 0.2) is 43.0 Å². The Hall–Kier alpha value is -3.69. The van der Waals surface area contributed by atoms with E-state index in [-0.39, 0.29) is 13.2 Å². The first-order chi connectivity index (χ1) is 17.5. The van der Waals surface area contributed by atoms with E-state index in [9.17, 15) is 24.0 Å². The van der Waals surface area contributed by atoms with Crippen LogP contribution in [0.2, 0.25) is 0 Å². The molecule has 38 heavy (non-hydrogen) atoms. The molecule has 1 amide bonds. The Morgan fingerprint density at radius 2 is 1.45 bits per heavy atom. The van der Waals surface area contributed by atoms with Crippen LogP contribution in [-0.2, 0) is 44.7 Å². The van der Waals surface area contributed by atoms with Gasteiger partial charge in [0.1, 0.15) is 24.4 Å². The second-order valence-corrected chi connectivity index (χ2v) is 10.7. The average molecular weight is 534 g/mol. The molecule has 0 aromatic heterocycles. The number of ketones is 1. The van der Waals surface area contributed by atoms with Crippen molar-refractivity contribution >= 4 is 29.8 Å². The lowest BCUT2D eigenvalue weighted by Gasteiger charge is -2.27. The lowest BCUT2D eigenvalue weighted by Crippen LogP contribution is -2.46. The minimum absolute atomic E-state index is 0.154. The van der Waals surface area contributed by atoms with Crippen LogP contribution in [0.4, 0.5) is 4.79 Å². The van der Waals surface area contributed by atoms with Crippen LogP contribution in [0.1, 0.15) is 60.5 Å². The van der Waals surface area contributed by atoms with E-state index >= 15 is 0 Å². The molecule has 0 radical (unpaired) electrons. The minimum Gasteiger partial charge on any atom is -0.461 e. The zero-order chi connectivity index (χ0) is 29.1. The normalized spacial score (nSPS) is 13.8. The average Bonchev–Trinajstić information content (AvgIpc) is 2.78. The van der Waals surface area contributed by atoms with Crippen molar-refractivity contribution in [2.45, 2.75) is 78.7 Å². The second kappa shape index (κ2) is 14.3. The summed E-state index contributed by atoms with van der Waals surface area (Å²) in [6.45, 7) is 14.3. The van der Waals surface area contributed by atoms with Crippen molar-refractivity contribution < 1.29 is 42.9 Å². The van der Waals surface area contributed by atoms with E-state index in [1.807, 2.05) is 0 Å². The van der Waals surface area contributed by atoms with Crippen molar-refractivity contribution in [3.63, 3.8) is 0 Å². The smallest absolute Gasteiger partial charge is 0.408 e. The molecule has 1 N–H and O–H groups in total. The quantitative estimate of drug-likeness (QED) is 0.184. The molecule has 10 heteroatoms. The molecule has 0 aliphatic heterocycles. The number of Topliss-reactive ketones (excluding diaryl/α,β-unsaturated/α-hetero) is 1. The molecule has 1 rings (SSSR count). The van der Waals surface area contributed by atoms with E-state index in [0.717, 1.165) is 0 Å². The Morgan fingerprint density at radius 1 is 0.868 bits per heavy atom. The van der Waals surface area contributed by atoms with Gasteiger partial charge >= 0.3 is 24.0 Å². The number of esters is 3. The predicted molar refractivity (Wildman–Crippen MR) is 139 cm³/mol. The number of hydrogen-bond donors (Lipinski definition) is 1. The highest BCUT2D eigenvalue weighted by Gasteiger charge is 2.45. The molecule has 210 valence electrons. The van der Waals surface area contributed by atoms with Crippen molar-refractivity contribution in [3.05, 3.63) is 48.6 Å². The van der Waals surface area contributed by atoms with Crippen molar-refractivity contribution in [1.29, 1.82) is 0 Å². The Balaban J connectivity index is 3.28. The lowest BCUT2D eigenvalue weighted by molar-refractivity contribution is -0.177. The van der Waals surface area contributed by atoms with E-state index in [1.54, 1.807) is 71.9 Å². The van der Waals surface area contributed by atoms with E-state index in [4.69, 9.17) is 18.9 Å². The van der Waals surface area contributed by atoms with E-state index in [1.165, 1.54) is 13.0 Å². The zero-order valence-corrected chi connectivity index (χ0v) is 23.2. The summed E-state index contributed by atoms with van der Waals surface area (Å²) in [5.74, 6) is -7.10. The summed E-state index contributed by atoms with van der Waals surface area (Å²) in [5.41, 5.74) is -1.14. The fourth-order valence-corrected chi connectivity index (χ4v) is 3.15. The molecule has 10 nitrogen and oxygen atoms in total. The van der Waals surface area contributed by atoms with Crippen LogP contribution >= 0.6 is 0 Å². The summed E-state index contributed by atoms with van der Waals surface area (Å²) in [6.07, 6.45) is -0.154. The van der Waals surface area contributed by atoms with Crippen LogP contribution < -0.4 is 5.32 Å². The van der Waals surface area contributed by atoms with Crippen molar-refractivity contribution in [1.82, 2.24) is 5.32 Å². The van der Waals surface area contributed by atoms with Gasteiger partial charge in [0, 0.05) is 6.42 Å². The molecule has 1 aromatic carbocycles. The molecule has 3 atom stereocenters. The van der Waals surface area contributed by atoms with Gasteiger partial charge in [-0.2, -0.15) is 0 Å². The van der Waals surface area contributed by atoms with Crippen LogP contribution in [-0.4, -0.2) is 53.6 Å². The maximum Gasteiger partial charge on any atom is 0.408 e. The maximum absolute atomic E-state index is 13.3. The van der Waals surface area contributed by atoms with Gasteiger partial charge in [-0.3, -0.25) is 19.2 Å². The number of carbonyl (C=O) groups is 5. The molecule has 0 heterocycles. The minimum atomic E-state index is -1.80. The number of ether oxygens (including phenoxy) is 4. The number of rotatable bonds is 12. The molecule has 0 aliphatic rings. The van der Waals surface area contributed by atoms with Crippen LogP contribution in [0.3, 0.4) is 0 Å². The molecule has 1 unspecified atom stereocenters. The summed E-state index contributed by atoms with van der Waals surface area (Å²) in [4.78, 5) is 64.5. The number of amides is 1. The number of benzene rings is 1. The van der Waals surface area contributed by atoms with Gasteiger partial charge in [0.15, 0.2) is 11.7 Å². The molecular weight excluding hydrogens is 494 g/mol. The molecular formula is C28H39NO9. The lowest BCUT2D eigenvalue weighted by atomic mass is 9.86. The largest absolute Gasteiger partial charge is 0.461 e. The first-order valence-corrected chi connectivity index (χ1v) is 12.3. The van der Waals surface area contributed by atoms with Gasteiger partial charge in [-0.25, -0.2) is 4.79 Å². The molecule has 0 spiro atoms. The molecule has 0 saturated carbocycles. The molecule has 0 aliphatic carbocycles. The first-order valence-electron chi connectivity index (χ1n) is 12.3. The molecule has 1 aromatic rings. The van der Waals surface area contributed by atoms with Crippen molar-refractivity contribution in [2.75, 3.05) is 6.61 Å². The van der Waals surface area contributed by atoms with E-state index in [0.29, 0.717) is 5.56 Å². The van der Waals surface area contributed by atoms with Crippen LogP contribution in [0.25, 0.3) is 0 Å². The first kappa shape index (κ1) is 32.3. The van der Waals surface area contributed by atoms with Crippen LogP contribution in [0, 0.1) is 11.8 Å². The van der Waals surface area contributed by atoms with Gasteiger partial charge in [-0.15, -0.1) is 0 Å². The maximum atomic E-state index is 13.3. The summed E-state index contributed by atoms with van der Waals surface area (Å²) < 4.78 is 21.0. The van der Waals surface area contributed by atoms with Gasteiger partial charge < -0.3 is 24.3 Å². The highest BCUT2D eigenvalue weighted by Crippen LogP contribution is 2.26. The van der Waals surface area contributed by atoms with Gasteiger partial charge in [0.25, 0.3) is 0 Å². The third-order valence-corrected chi connectivity index (χ3v) is 4.82. The summed E-state index contributed by atoms with van der Waals surface area (Å²) in [5, 5.41) is 2.40. The molecule has 0 bridgehead atoms. The highest BCUT2D eigenvalue weighted by atomic mass is 16.6. The Morgan fingerprint density at radius 3 is 1.97 bits per heavy atom. The zero-order valence-electron chi connectivity index (χ0n) is 23.2. The Labute approximate surface area is 224 Å². The summed E-state index contributed by atoms with van der Waals surface area (Å²) in [6, 6.07) is 7.65. The summed E-state index contributed by atoms with van der Waals surface area (Å²) >= 11 is 0. The highest BCUT2D eigenvalue weighted by molar-refractivity contribution is 6.01. The van der Waals surface area contributed by atoms with Gasteiger partial charge in [0.2, 0.25) is 0 Å². The number of alkyl carbamates (subject to hydrolysis) is 1. The molecule has 0 saturated heterocycles. The summed E-state index contributed by atoms with van der Waals surface area (Å²) in [7, 11) is 0. The topological polar surface area (TPSA) is 134 Å². The number of carbonyl (C=O) groups excluding carboxylic acids is 5. The van der Waals surface area contributed by atoms with Gasteiger partial charge in [0.05, 0.1) is 12.0 Å². The fourth-order valence-electron chi connectivity index (χ4n) is 3.15. The molecule has 0 fully saturated rings. The Kier molecular flexibility index (Phi) is 12.2. The van der Waals surface area contributed by atoms with Crippen LogP contribution in [0.5, 0.6) is 0 Å². The van der Waals surface area contributed by atoms with Crippen molar-refractivity contribution in [3.8, 4) is 0 Å². The Bertz CT molecular complexity index is 990. The van der Waals surface area contributed by atoms with E-state index < -0.39 is 65.3 Å². The third-order valence-electron chi connectivity index (χ3n) is 4.82. The predicted octanol–water partition coefficient (Wildman–Crippen LogP) is 3.91. The van der Waals surface area contributed by atoms with Crippen molar-refractivity contribution in [2.24, 2.45) is 11.8 Å².